The summed E-state index contributed by atoms with van der Waals surface area (Å²) in [7, 11) is 0. The average Bonchev–Trinajstić information content (AvgIpc) is 2.82. The number of carbonyl (C=O) groups excluding carboxylic acids is 1. The molecule has 21 heavy (non-hydrogen) atoms. The zero-order chi connectivity index (χ0) is 15.1. The van der Waals surface area contributed by atoms with E-state index in [2.05, 4.69) is 20.9 Å². The van der Waals surface area contributed by atoms with Crippen LogP contribution >= 0.6 is 27.5 Å². The minimum Gasteiger partial charge on any atom is -0.294 e. The molecule has 0 N–H and O–H groups in total. The minimum absolute atomic E-state index is 0.0443. The van der Waals surface area contributed by atoms with Crippen molar-refractivity contribution in [1.29, 1.82) is 0 Å². The second-order valence-corrected chi connectivity index (χ2v) is 6.19. The first-order valence-corrected chi connectivity index (χ1v) is 7.59. The van der Waals surface area contributed by atoms with Gasteiger partial charge in [0.15, 0.2) is 5.78 Å². The van der Waals surface area contributed by atoms with Gasteiger partial charge in [-0.2, -0.15) is 0 Å². The van der Waals surface area contributed by atoms with Crippen LogP contribution in [0.15, 0.2) is 41.0 Å². The average molecular weight is 364 g/mol. The van der Waals surface area contributed by atoms with Gasteiger partial charge < -0.3 is 0 Å². The molecule has 0 aliphatic rings. The molecule has 0 unspecified atom stereocenters. The lowest BCUT2D eigenvalue weighted by molar-refractivity contribution is 0.101. The smallest absolute Gasteiger partial charge is 0.163 e. The number of hydrogen-bond acceptors (Lipinski definition) is 2. The summed E-state index contributed by atoms with van der Waals surface area (Å²) in [4.78, 5) is 16.3. The van der Waals surface area contributed by atoms with Crippen molar-refractivity contribution in [1.82, 2.24) is 9.38 Å². The third kappa shape index (κ3) is 2.49. The number of imidazole rings is 1. The number of benzene rings is 1. The number of fused-ring (bicyclic) bond motifs is 1. The SMILES string of the molecule is CC(=O)c1c(C)cc2nc(-c3cccc(Br)c3)cn2c1Cl. The van der Waals surface area contributed by atoms with Crippen LogP contribution in [0.2, 0.25) is 5.15 Å². The summed E-state index contributed by atoms with van der Waals surface area (Å²) in [6, 6.07) is 9.78. The van der Waals surface area contributed by atoms with Crippen LogP contribution in [0.3, 0.4) is 0 Å². The first kappa shape index (κ1) is 14.3. The Bertz CT molecular complexity index is 870. The van der Waals surface area contributed by atoms with E-state index >= 15 is 0 Å². The maximum Gasteiger partial charge on any atom is 0.163 e. The third-order valence-electron chi connectivity index (χ3n) is 3.36. The van der Waals surface area contributed by atoms with Crippen LogP contribution in [-0.4, -0.2) is 15.2 Å². The van der Waals surface area contributed by atoms with Gasteiger partial charge in [-0.15, -0.1) is 0 Å². The van der Waals surface area contributed by atoms with E-state index in [0.717, 1.165) is 26.9 Å². The van der Waals surface area contributed by atoms with Gasteiger partial charge in [0.1, 0.15) is 10.8 Å². The molecule has 5 heteroatoms. The highest BCUT2D eigenvalue weighted by Gasteiger charge is 2.15. The van der Waals surface area contributed by atoms with Crippen molar-refractivity contribution in [3.8, 4) is 11.3 Å². The van der Waals surface area contributed by atoms with E-state index < -0.39 is 0 Å². The fraction of sp³-hybridized carbons (Fsp3) is 0.125. The van der Waals surface area contributed by atoms with Crippen LogP contribution in [-0.2, 0) is 0 Å². The normalized spacial score (nSPS) is 11.0. The fourth-order valence-corrected chi connectivity index (χ4v) is 3.23. The molecule has 0 atom stereocenters. The molecule has 0 saturated carbocycles. The van der Waals surface area contributed by atoms with E-state index in [-0.39, 0.29) is 5.78 Å². The summed E-state index contributed by atoms with van der Waals surface area (Å²) in [5, 5.41) is 0.409. The van der Waals surface area contributed by atoms with Crippen molar-refractivity contribution in [3.05, 3.63) is 57.3 Å². The number of nitrogens with zero attached hydrogens (tertiary/aromatic N) is 2. The summed E-state index contributed by atoms with van der Waals surface area (Å²) in [6.45, 7) is 3.39. The summed E-state index contributed by atoms with van der Waals surface area (Å²) in [5.74, 6) is -0.0443. The highest BCUT2D eigenvalue weighted by Crippen LogP contribution is 2.28. The first-order chi connectivity index (χ1) is 9.97. The Morgan fingerprint density at radius 2 is 2.10 bits per heavy atom. The van der Waals surface area contributed by atoms with Crippen LogP contribution in [0.5, 0.6) is 0 Å². The van der Waals surface area contributed by atoms with Crippen molar-refractivity contribution in [2.75, 3.05) is 0 Å². The number of rotatable bonds is 2. The Labute approximate surface area is 135 Å². The van der Waals surface area contributed by atoms with Crippen molar-refractivity contribution >= 4 is 39.0 Å². The van der Waals surface area contributed by atoms with Gasteiger partial charge in [0.2, 0.25) is 0 Å². The van der Waals surface area contributed by atoms with Gasteiger partial charge in [-0.25, -0.2) is 4.98 Å². The zero-order valence-corrected chi connectivity index (χ0v) is 13.9. The molecule has 0 amide bonds. The molecule has 1 aromatic carbocycles. The van der Waals surface area contributed by atoms with E-state index in [1.807, 2.05) is 43.5 Å². The maximum atomic E-state index is 11.7. The van der Waals surface area contributed by atoms with Gasteiger partial charge in [0.25, 0.3) is 0 Å². The molecule has 3 nitrogen and oxygen atoms in total. The van der Waals surface area contributed by atoms with E-state index in [1.54, 1.807) is 4.40 Å². The molecule has 0 spiro atoms. The molecule has 0 bridgehead atoms. The van der Waals surface area contributed by atoms with Gasteiger partial charge in [-0.1, -0.05) is 39.7 Å². The number of halogens is 2. The standard InChI is InChI=1S/C16H12BrClN2O/c1-9-6-14-19-13(11-4-3-5-12(17)7-11)8-20(14)16(18)15(9)10(2)21/h3-8H,1-2H3. The van der Waals surface area contributed by atoms with Crippen molar-refractivity contribution in [2.45, 2.75) is 13.8 Å². The second-order valence-electron chi connectivity index (χ2n) is 4.91. The number of Topliss-reactive ketones (excluding diaryl/α,β-unsaturated/α-hetero) is 1. The zero-order valence-electron chi connectivity index (χ0n) is 11.5. The van der Waals surface area contributed by atoms with E-state index in [1.165, 1.54) is 6.92 Å². The summed E-state index contributed by atoms with van der Waals surface area (Å²) >= 11 is 9.82. The van der Waals surface area contributed by atoms with E-state index in [4.69, 9.17) is 11.6 Å². The van der Waals surface area contributed by atoms with Gasteiger partial charge in [-0.3, -0.25) is 9.20 Å². The molecule has 0 radical (unpaired) electrons. The highest BCUT2D eigenvalue weighted by atomic mass is 79.9. The Hall–Kier alpha value is -1.65. The van der Waals surface area contributed by atoms with Crippen LogP contribution in [0.25, 0.3) is 16.9 Å². The van der Waals surface area contributed by atoms with Crippen LogP contribution in [0.4, 0.5) is 0 Å². The molecule has 106 valence electrons. The number of ketones is 1. The van der Waals surface area contributed by atoms with Gasteiger partial charge in [0, 0.05) is 16.2 Å². The number of aryl methyl sites for hydroxylation is 1. The Morgan fingerprint density at radius 3 is 2.76 bits per heavy atom. The molecule has 2 aromatic heterocycles. The van der Waals surface area contributed by atoms with Crippen molar-refractivity contribution in [2.24, 2.45) is 0 Å². The molecule has 2 heterocycles. The highest BCUT2D eigenvalue weighted by molar-refractivity contribution is 9.10. The van der Waals surface area contributed by atoms with Gasteiger partial charge in [0.05, 0.1) is 11.3 Å². The largest absolute Gasteiger partial charge is 0.294 e. The molecular weight excluding hydrogens is 352 g/mol. The van der Waals surface area contributed by atoms with Crippen LogP contribution in [0.1, 0.15) is 22.8 Å². The van der Waals surface area contributed by atoms with Crippen molar-refractivity contribution in [3.63, 3.8) is 0 Å². The summed E-state index contributed by atoms with van der Waals surface area (Å²) < 4.78 is 2.74. The molecule has 0 fully saturated rings. The molecule has 3 aromatic rings. The Kier molecular flexibility index (Phi) is 3.59. The number of aromatic nitrogens is 2. The monoisotopic (exact) mass is 362 g/mol. The van der Waals surface area contributed by atoms with E-state index in [9.17, 15) is 4.79 Å². The molecule has 0 aliphatic heterocycles. The maximum absolute atomic E-state index is 11.7. The topological polar surface area (TPSA) is 34.4 Å². The first-order valence-electron chi connectivity index (χ1n) is 6.42. The Balaban J connectivity index is 2.26. The lowest BCUT2D eigenvalue weighted by Crippen LogP contribution is -2.02. The molecule has 3 rings (SSSR count). The van der Waals surface area contributed by atoms with Gasteiger partial charge >= 0.3 is 0 Å². The summed E-state index contributed by atoms with van der Waals surface area (Å²) in [6.07, 6.45) is 1.85. The van der Waals surface area contributed by atoms with Crippen LogP contribution in [0, 0.1) is 6.92 Å². The number of carbonyl (C=O) groups is 1. The summed E-state index contributed by atoms with van der Waals surface area (Å²) in [5.41, 5.74) is 3.93. The van der Waals surface area contributed by atoms with Crippen LogP contribution < -0.4 is 0 Å². The quantitative estimate of drug-likeness (QED) is 0.478. The third-order valence-corrected chi connectivity index (χ3v) is 4.23. The second kappa shape index (κ2) is 5.28. The molecule has 0 aliphatic carbocycles. The molecule has 0 saturated heterocycles. The lowest BCUT2D eigenvalue weighted by Gasteiger charge is -2.06. The minimum atomic E-state index is -0.0443. The molecular formula is C16H12BrClN2O. The number of pyridine rings is 1. The number of hydrogen-bond donors (Lipinski definition) is 0. The van der Waals surface area contributed by atoms with Crippen molar-refractivity contribution < 1.29 is 4.79 Å². The Morgan fingerprint density at radius 1 is 1.33 bits per heavy atom. The van der Waals surface area contributed by atoms with E-state index in [0.29, 0.717) is 10.7 Å². The predicted molar refractivity (Wildman–Crippen MR) is 88.1 cm³/mol. The van der Waals surface area contributed by atoms with Gasteiger partial charge in [-0.05, 0) is 37.6 Å². The lowest BCUT2D eigenvalue weighted by atomic mass is 10.1. The fourth-order valence-electron chi connectivity index (χ4n) is 2.41. The predicted octanol–water partition coefficient (Wildman–Crippen LogP) is 4.93.